The highest BCUT2D eigenvalue weighted by atomic mass is 19.3. The first-order valence-electron chi connectivity index (χ1n) is 12.3. The third-order valence-corrected chi connectivity index (χ3v) is 6.15. The lowest BCUT2D eigenvalue weighted by Crippen LogP contribution is -2.36. The lowest BCUT2D eigenvalue weighted by molar-refractivity contribution is 0.122. The van der Waals surface area contributed by atoms with Crippen LogP contribution in [0.25, 0.3) is 22.6 Å². The summed E-state index contributed by atoms with van der Waals surface area (Å²) in [6.45, 7) is 2.74. The van der Waals surface area contributed by atoms with E-state index in [4.69, 9.17) is 9.47 Å². The van der Waals surface area contributed by atoms with Crippen molar-refractivity contribution in [2.75, 3.05) is 48.9 Å². The molecular weight excluding hydrogens is 526 g/mol. The number of halogens is 2. The zero-order valence-electron chi connectivity index (χ0n) is 21.5. The Morgan fingerprint density at radius 3 is 2.60 bits per heavy atom. The fraction of sp³-hybridized carbons (Fsp3) is 0.292. The number of imidazole rings is 1. The summed E-state index contributed by atoms with van der Waals surface area (Å²) < 4.78 is 38.1. The van der Waals surface area contributed by atoms with E-state index in [1.807, 2.05) is 0 Å². The van der Waals surface area contributed by atoms with E-state index < -0.39 is 12.2 Å². The number of methoxy groups -OCH3 is 1. The molecule has 6 rings (SSSR count). The number of rotatable bonds is 8. The van der Waals surface area contributed by atoms with E-state index in [0.717, 1.165) is 18.9 Å². The number of aryl methyl sites for hydroxylation is 1. The second-order valence-corrected chi connectivity index (χ2v) is 8.77. The van der Waals surface area contributed by atoms with Crippen molar-refractivity contribution in [3.8, 4) is 17.1 Å². The number of hydrogen-bond acceptors (Lipinski definition) is 12. The first-order valence-corrected chi connectivity index (χ1v) is 12.3. The number of aromatic nitrogens is 9. The van der Waals surface area contributed by atoms with Gasteiger partial charge in [-0.2, -0.15) is 4.80 Å². The fourth-order valence-electron chi connectivity index (χ4n) is 4.31. The molecule has 0 unspecified atom stereocenters. The number of anilines is 5. The molecule has 0 bridgehead atoms. The van der Waals surface area contributed by atoms with Crippen molar-refractivity contribution in [2.45, 2.75) is 6.43 Å². The van der Waals surface area contributed by atoms with Gasteiger partial charge in [0.05, 0.1) is 56.7 Å². The molecule has 0 aliphatic carbocycles. The van der Waals surface area contributed by atoms with Gasteiger partial charge in [0.2, 0.25) is 5.82 Å². The Labute approximate surface area is 225 Å². The summed E-state index contributed by atoms with van der Waals surface area (Å²) in [5, 5.41) is 18.5. The number of alkyl halides is 2. The first kappa shape index (κ1) is 25.3. The highest BCUT2D eigenvalue weighted by Gasteiger charge is 2.20. The summed E-state index contributed by atoms with van der Waals surface area (Å²) in [7, 11) is 3.17. The van der Waals surface area contributed by atoms with Crippen molar-refractivity contribution in [2.24, 2.45) is 7.05 Å². The van der Waals surface area contributed by atoms with Crippen molar-refractivity contribution >= 4 is 40.0 Å². The Morgan fingerprint density at radius 2 is 1.90 bits per heavy atom. The molecule has 206 valence electrons. The normalized spacial score (nSPS) is 13.7. The van der Waals surface area contributed by atoms with Crippen molar-refractivity contribution in [3.63, 3.8) is 0 Å². The largest absolute Gasteiger partial charge is 0.494 e. The third kappa shape index (κ3) is 5.03. The molecule has 0 saturated carbocycles. The standard InChI is InChI=1S/C24H24F2N12O2/c1-37-35-22(34-36-37)13-4-3-5-14(20(13)39-2)29-15-10-16(31-23-19(15)32-24(33-23)21(25)26)30-17-11-28-18(12-27-17)38-6-8-40-9-7-38/h3-5,10-12,21H,6-9H2,1-2H3,(H3,27,29,30,31,32,33). The molecule has 5 aromatic rings. The molecule has 14 nitrogen and oxygen atoms in total. The van der Waals surface area contributed by atoms with Crippen LogP contribution in [0.1, 0.15) is 12.2 Å². The Balaban J connectivity index is 1.34. The summed E-state index contributed by atoms with van der Waals surface area (Å²) in [5.74, 6) is 1.79. The summed E-state index contributed by atoms with van der Waals surface area (Å²) in [6, 6.07) is 7.01. The number of ether oxygens (including phenoxy) is 2. The number of benzene rings is 1. The van der Waals surface area contributed by atoms with Crippen molar-refractivity contribution < 1.29 is 18.3 Å². The van der Waals surface area contributed by atoms with Crippen LogP contribution in [0.3, 0.4) is 0 Å². The highest BCUT2D eigenvalue weighted by Crippen LogP contribution is 2.38. The number of fused-ring (bicyclic) bond motifs is 1. The maximum absolute atomic E-state index is 13.5. The van der Waals surface area contributed by atoms with Crippen LogP contribution in [0.15, 0.2) is 36.7 Å². The second kappa shape index (κ2) is 10.6. The van der Waals surface area contributed by atoms with E-state index in [0.29, 0.717) is 58.9 Å². The smallest absolute Gasteiger partial charge is 0.295 e. The molecule has 0 atom stereocenters. The Hall–Kier alpha value is -4.99. The van der Waals surface area contributed by atoms with Gasteiger partial charge in [-0.3, -0.25) is 0 Å². The first-order chi connectivity index (χ1) is 19.5. The topological polar surface area (TPSA) is 157 Å². The van der Waals surface area contributed by atoms with Gasteiger partial charge in [-0.05, 0) is 17.3 Å². The number of nitrogens with one attached hydrogen (secondary N) is 3. The minimum absolute atomic E-state index is 0.0893. The van der Waals surface area contributed by atoms with Gasteiger partial charge in [0.25, 0.3) is 6.43 Å². The molecule has 0 amide bonds. The summed E-state index contributed by atoms with van der Waals surface area (Å²) in [4.78, 5) is 23.4. The maximum Gasteiger partial charge on any atom is 0.295 e. The van der Waals surface area contributed by atoms with Crippen LogP contribution in [0.2, 0.25) is 0 Å². The van der Waals surface area contributed by atoms with Crippen LogP contribution in [0, 0.1) is 0 Å². The quantitative estimate of drug-likeness (QED) is 0.260. The van der Waals surface area contributed by atoms with Crippen molar-refractivity contribution in [3.05, 3.63) is 42.5 Å². The summed E-state index contributed by atoms with van der Waals surface area (Å²) in [5.41, 5.74) is 1.94. The number of hydrogen-bond donors (Lipinski definition) is 3. The average Bonchev–Trinajstić information content (AvgIpc) is 3.60. The molecule has 1 aromatic carbocycles. The highest BCUT2D eigenvalue weighted by molar-refractivity contribution is 5.92. The van der Waals surface area contributed by atoms with Gasteiger partial charge in [-0.25, -0.2) is 28.7 Å². The molecule has 1 fully saturated rings. The zero-order valence-corrected chi connectivity index (χ0v) is 21.5. The number of pyridine rings is 1. The monoisotopic (exact) mass is 550 g/mol. The second-order valence-electron chi connectivity index (χ2n) is 8.77. The Kier molecular flexibility index (Phi) is 6.73. The summed E-state index contributed by atoms with van der Waals surface area (Å²) >= 11 is 0. The summed E-state index contributed by atoms with van der Waals surface area (Å²) in [6.07, 6.45) is 0.433. The molecule has 5 heterocycles. The van der Waals surface area contributed by atoms with Gasteiger partial charge >= 0.3 is 0 Å². The van der Waals surface area contributed by atoms with Gasteiger partial charge in [0.15, 0.2) is 17.2 Å². The fourth-order valence-corrected chi connectivity index (χ4v) is 4.31. The van der Waals surface area contributed by atoms with Crippen molar-refractivity contribution in [1.82, 2.24) is 45.1 Å². The molecular formula is C24H24F2N12O2. The molecule has 0 spiro atoms. The molecule has 1 aliphatic heterocycles. The van der Waals surface area contributed by atoms with Gasteiger partial charge < -0.3 is 30.0 Å². The van der Waals surface area contributed by atoms with E-state index in [9.17, 15) is 8.78 Å². The number of nitrogens with zero attached hydrogens (tertiary/aromatic N) is 9. The van der Waals surface area contributed by atoms with Crippen LogP contribution in [-0.2, 0) is 11.8 Å². The molecule has 1 saturated heterocycles. The number of H-pyrrole nitrogens is 1. The average molecular weight is 551 g/mol. The van der Waals surface area contributed by atoms with Crippen LogP contribution in [0.5, 0.6) is 5.75 Å². The predicted octanol–water partition coefficient (Wildman–Crippen LogP) is 3.21. The van der Waals surface area contributed by atoms with Gasteiger partial charge in [0, 0.05) is 19.2 Å². The number of tetrazole rings is 1. The number of aromatic amines is 1. The molecule has 1 aliphatic rings. The Morgan fingerprint density at radius 1 is 1.05 bits per heavy atom. The SMILES string of the molecule is COc1c(Nc2cc(Nc3cnc(N4CCOCC4)cn3)nc3nc(C(F)F)[nH]c23)cccc1-c1nnn(C)n1. The minimum atomic E-state index is -2.81. The van der Waals surface area contributed by atoms with E-state index in [1.165, 1.54) is 11.9 Å². The molecule has 16 heteroatoms. The van der Waals surface area contributed by atoms with E-state index >= 15 is 0 Å². The lowest BCUT2D eigenvalue weighted by atomic mass is 10.1. The Bertz CT molecular complexity index is 1630. The molecule has 40 heavy (non-hydrogen) atoms. The third-order valence-electron chi connectivity index (χ3n) is 6.15. The van der Waals surface area contributed by atoms with E-state index in [2.05, 4.69) is 55.9 Å². The minimum Gasteiger partial charge on any atom is -0.494 e. The number of morpholine rings is 1. The van der Waals surface area contributed by atoms with Crippen LogP contribution < -0.4 is 20.3 Å². The van der Waals surface area contributed by atoms with E-state index in [1.54, 1.807) is 43.7 Å². The lowest BCUT2D eigenvalue weighted by Gasteiger charge is -2.27. The number of para-hydroxylation sites is 1. The van der Waals surface area contributed by atoms with Gasteiger partial charge in [-0.1, -0.05) is 6.07 Å². The molecule has 3 N–H and O–H groups in total. The van der Waals surface area contributed by atoms with Crippen LogP contribution in [-0.4, -0.2) is 78.5 Å². The van der Waals surface area contributed by atoms with Gasteiger partial charge in [0.1, 0.15) is 23.0 Å². The van der Waals surface area contributed by atoms with E-state index in [-0.39, 0.29) is 5.65 Å². The predicted molar refractivity (Wildman–Crippen MR) is 141 cm³/mol. The van der Waals surface area contributed by atoms with Crippen molar-refractivity contribution in [1.29, 1.82) is 0 Å². The van der Waals surface area contributed by atoms with Gasteiger partial charge in [-0.15, -0.1) is 10.2 Å². The van der Waals surface area contributed by atoms with Crippen LogP contribution >= 0.6 is 0 Å². The van der Waals surface area contributed by atoms with Crippen LogP contribution in [0.4, 0.5) is 37.6 Å². The molecule has 0 radical (unpaired) electrons. The maximum atomic E-state index is 13.5. The zero-order chi connectivity index (χ0) is 27.6. The molecule has 4 aromatic heterocycles.